The molecule has 0 bridgehead atoms. The Labute approximate surface area is 236 Å². The van der Waals surface area contributed by atoms with Gasteiger partial charge in [0.05, 0.1) is 0 Å². The quantitative estimate of drug-likeness (QED) is 0.229. The molecule has 0 aliphatic heterocycles. The van der Waals surface area contributed by atoms with Crippen molar-refractivity contribution in [3.05, 3.63) is 36.0 Å². The van der Waals surface area contributed by atoms with E-state index in [1.165, 1.54) is 70.6 Å². The normalized spacial score (nSPS) is 38.9. The molecule has 3 heteroatoms. The summed E-state index contributed by atoms with van der Waals surface area (Å²) in [4.78, 5) is 4.53. The lowest BCUT2D eigenvalue weighted by Gasteiger charge is -2.58. The molecule has 206 valence electrons. The Hall–Kier alpha value is -0.410. The van der Waals surface area contributed by atoms with Crippen LogP contribution in [0.1, 0.15) is 112 Å². The lowest BCUT2D eigenvalue weighted by molar-refractivity contribution is -0.0500. The van der Waals surface area contributed by atoms with Crippen LogP contribution in [0.4, 0.5) is 0 Å². The van der Waals surface area contributed by atoms with Crippen molar-refractivity contribution in [1.29, 1.82) is 0 Å². The van der Waals surface area contributed by atoms with Crippen LogP contribution in [0.15, 0.2) is 41.1 Å². The second-order valence-corrected chi connectivity index (χ2v) is 16.7. The fraction of sp³-hybridized carbons (Fsp3) is 0.794. The van der Waals surface area contributed by atoms with Gasteiger partial charge in [-0.2, -0.15) is 0 Å². The molecular formula is C34H53NS2. The van der Waals surface area contributed by atoms with Crippen molar-refractivity contribution in [2.24, 2.45) is 52.3 Å². The van der Waals surface area contributed by atoms with E-state index in [0.717, 1.165) is 51.7 Å². The van der Waals surface area contributed by atoms with Gasteiger partial charge >= 0.3 is 0 Å². The van der Waals surface area contributed by atoms with E-state index < -0.39 is 0 Å². The van der Waals surface area contributed by atoms with Gasteiger partial charge < -0.3 is 0 Å². The zero-order chi connectivity index (χ0) is 26.2. The van der Waals surface area contributed by atoms with Crippen LogP contribution < -0.4 is 0 Å². The van der Waals surface area contributed by atoms with Crippen LogP contribution in [0.5, 0.6) is 0 Å². The fourth-order valence-corrected chi connectivity index (χ4v) is 12.3. The van der Waals surface area contributed by atoms with E-state index in [1.807, 2.05) is 28.6 Å². The highest BCUT2D eigenvalue weighted by Crippen LogP contribution is 2.67. The number of allylic oxidation sites excluding steroid dienone is 2. The lowest BCUT2D eigenvalue weighted by Crippen LogP contribution is -2.50. The number of aromatic nitrogens is 1. The first-order chi connectivity index (χ1) is 17.8. The topological polar surface area (TPSA) is 12.9 Å². The summed E-state index contributed by atoms with van der Waals surface area (Å²) in [6.07, 6.45) is 20.4. The molecule has 1 nitrogen and oxygen atoms in total. The monoisotopic (exact) mass is 539 g/mol. The maximum Gasteiger partial charge on any atom is 0.106 e. The van der Waals surface area contributed by atoms with Crippen molar-refractivity contribution < 1.29 is 0 Å². The summed E-state index contributed by atoms with van der Waals surface area (Å²) in [5, 5.41) is 1.90. The zero-order valence-electron chi connectivity index (χ0n) is 24.5. The predicted octanol–water partition coefficient (Wildman–Crippen LogP) is 10.9. The van der Waals surface area contributed by atoms with E-state index in [0.29, 0.717) is 10.8 Å². The molecule has 1 aromatic heterocycles. The van der Waals surface area contributed by atoms with Gasteiger partial charge in [-0.3, -0.25) is 0 Å². The average molecular weight is 540 g/mol. The van der Waals surface area contributed by atoms with Crippen molar-refractivity contribution in [3.63, 3.8) is 0 Å². The van der Waals surface area contributed by atoms with Gasteiger partial charge in [-0.05, 0) is 133 Å². The number of hydrogen-bond donors (Lipinski definition) is 0. The van der Waals surface area contributed by atoms with Gasteiger partial charge in [0.25, 0.3) is 0 Å². The average Bonchev–Trinajstić information content (AvgIpc) is 3.25. The Morgan fingerprint density at radius 2 is 1.84 bits per heavy atom. The van der Waals surface area contributed by atoms with Crippen LogP contribution in [0.3, 0.4) is 0 Å². The summed E-state index contributed by atoms with van der Waals surface area (Å²) in [5.41, 5.74) is 2.88. The molecule has 0 aromatic carbocycles. The highest BCUT2D eigenvalue weighted by Gasteiger charge is 2.59. The number of rotatable bonds is 9. The molecule has 1 heterocycles. The molecular weight excluding hydrogens is 487 g/mol. The Morgan fingerprint density at radius 1 is 1.00 bits per heavy atom. The summed E-state index contributed by atoms with van der Waals surface area (Å²) < 4.78 is 0. The molecule has 4 aliphatic rings. The van der Waals surface area contributed by atoms with Gasteiger partial charge in [-0.1, -0.05) is 82.9 Å². The largest absolute Gasteiger partial charge is 0.249 e. The van der Waals surface area contributed by atoms with Crippen molar-refractivity contribution in [2.45, 2.75) is 122 Å². The molecule has 0 saturated heterocycles. The van der Waals surface area contributed by atoms with E-state index in [2.05, 4.69) is 75.5 Å². The maximum absolute atomic E-state index is 4.53. The number of hydrogen-bond acceptors (Lipinski definition) is 3. The van der Waals surface area contributed by atoms with Gasteiger partial charge in [0.2, 0.25) is 0 Å². The van der Waals surface area contributed by atoms with E-state index in [4.69, 9.17) is 0 Å². The molecule has 0 spiro atoms. The molecule has 5 rings (SSSR count). The van der Waals surface area contributed by atoms with Gasteiger partial charge in [-0.25, -0.2) is 4.98 Å². The maximum atomic E-state index is 4.53. The van der Waals surface area contributed by atoms with Crippen molar-refractivity contribution in [3.8, 4) is 0 Å². The minimum absolute atomic E-state index is 0.465. The molecule has 37 heavy (non-hydrogen) atoms. The number of fused-ring (bicyclic) bond motifs is 5. The molecule has 0 N–H and O–H groups in total. The molecule has 0 radical (unpaired) electrons. The smallest absolute Gasteiger partial charge is 0.106 e. The van der Waals surface area contributed by atoms with Gasteiger partial charge in [0.1, 0.15) is 5.03 Å². The molecule has 3 saturated carbocycles. The van der Waals surface area contributed by atoms with Crippen molar-refractivity contribution in [2.75, 3.05) is 0 Å². The van der Waals surface area contributed by atoms with Crippen LogP contribution in [0.2, 0.25) is 0 Å². The highest BCUT2D eigenvalue weighted by molar-refractivity contribution is 8.76. The van der Waals surface area contributed by atoms with Gasteiger partial charge in [0, 0.05) is 11.4 Å². The van der Waals surface area contributed by atoms with E-state index in [9.17, 15) is 0 Å². The minimum Gasteiger partial charge on any atom is -0.249 e. The third-order valence-corrected chi connectivity index (χ3v) is 15.0. The van der Waals surface area contributed by atoms with E-state index in [-0.39, 0.29) is 0 Å². The highest BCUT2D eigenvalue weighted by atomic mass is 33.1. The van der Waals surface area contributed by atoms with Crippen LogP contribution in [-0.4, -0.2) is 10.2 Å². The van der Waals surface area contributed by atoms with E-state index in [1.54, 1.807) is 0 Å². The lowest BCUT2D eigenvalue weighted by atomic mass is 9.47. The Balaban J connectivity index is 1.23. The van der Waals surface area contributed by atoms with Crippen LogP contribution in [0, 0.1) is 52.3 Å². The summed E-state index contributed by atoms with van der Waals surface area (Å²) >= 11 is 0. The Bertz CT molecular complexity index is 927. The number of nitrogens with zero attached hydrogens (tertiary/aromatic N) is 1. The standard InChI is InChI=1S/C34H53NS2/c1-7-25(23(2)3)12-11-24(4)29-15-16-30-28-14-13-26-22-27(36-37-32-10-8-9-21-35-32)17-19-33(26,5)31(28)18-20-34(29,30)6/h8-10,13,21,23-25,27-31H,7,11-12,14-20,22H2,1-6H3/t24-,25-,27+,28+,29-,30+,31+,33+,34-/m1/s1. The molecule has 9 atom stereocenters. The molecule has 0 amide bonds. The summed E-state index contributed by atoms with van der Waals surface area (Å²) in [5.74, 6) is 6.44. The minimum atomic E-state index is 0.465. The second kappa shape index (κ2) is 11.6. The Morgan fingerprint density at radius 3 is 2.57 bits per heavy atom. The first-order valence-corrected chi connectivity index (χ1v) is 17.9. The van der Waals surface area contributed by atoms with Gasteiger partial charge in [-0.15, -0.1) is 0 Å². The van der Waals surface area contributed by atoms with Crippen LogP contribution >= 0.6 is 21.6 Å². The zero-order valence-corrected chi connectivity index (χ0v) is 26.2. The van der Waals surface area contributed by atoms with Gasteiger partial charge in [0.15, 0.2) is 0 Å². The summed E-state index contributed by atoms with van der Waals surface area (Å²) in [6.45, 7) is 15.3. The number of pyridine rings is 1. The SMILES string of the molecule is CC[C@H](CC[C@@H](C)[C@H]1CC[C@H]2[C@@H]3CC=C4C[C@@H](SSc5ccccn5)CC[C@]4(C)[C@H]3CC[C@]12C)C(C)C. The molecule has 0 unspecified atom stereocenters. The predicted molar refractivity (Wildman–Crippen MR) is 164 cm³/mol. The molecule has 3 fully saturated rings. The molecule has 1 aromatic rings. The van der Waals surface area contributed by atoms with Crippen molar-refractivity contribution in [1.82, 2.24) is 4.98 Å². The van der Waals surface area contributed by atoms with Crippen molar-refractivity contribution >= 4 is 21.6 Å². The fourth-order valence-electron chi connectivity index (χ4n) is 9.89. The van der Waals surface area contributed by atoms with Crippen LogP contribution in [-0.2, 0) is 0 Å². The van der Waals surface area contributed by atoms with E-state index >= 15 is 0 Å². The van der Waals surface area contributed by atoms with Crippen LogP contribution in [0.25, 0.3) is 0 Å². The third kappa shape index (κ3) is 5.48. The molecule has 4 aliphatic carbocycles. The summed E-state index contributed by atoms with van der Waals surface area (Å²) in [6, 6.07) is 6.27. The third-order valence-electron chi connectivity index (χ3n) is 12.2. The second-order valence-electron chi connectivity index (χ2n) is 14.2. The Kier molecular flexibility index (Phi) is 8.82. The first kappa shape index (κ1) is 28.1. The first-order valence-electron chi connectivity index (χ1n) is 15.7. The summed E-state index contributed by atoms with van der Waals surface area (Å²) in [7, 11) is 3.97.